The first-order valence-electron chi connectivity index (χ1n) is 5.54. The van der Waals surface area contributed by atoms with E-state index in [-0.39, 0.29) is 17.7 Å². The SMILES string of the molecule is CC(C/C(N)=N/O)N(C)Cc1cc(Br)ccc1F. The van der Waals surface area contributed by atoms with Gasteiger partial charge in [0.25, 0.3) is 0 Å². The molecule has 0 radical (unpaired) electrons. The highest BCUT2D eigenvalue weighted by atomic mass is 79.9. The van der Waals surface area contributed by atoms with E-state index in [1.807, 2.05) is 18.9 Å². The van der Waals surface area contributed by atoms with Crippen LogP contribution in [-0.2, 0) is 6.54 Å². The Morgan fingerprint density at radius 2 is 2.28 bits per heavy atom. The summed E-state index contributed by atoms with van der Waals surface area (Å²) >= 11 is 3.32. The van der Waals surface area contributed by atoms with Crippen LogP contribution in [0, 0.1) is 5.82 Å². The van der Waals surface area contributed by atoms with Crippen molar-refractivity contribution in [3.8, 4) is 0 Å². The molecule has 18 heavy (non-hydrogen) atoms. The number of nitrogens with two attached hydrogens (primary N) is 1. The van der Waals surface area contributed by atoms with E-state index in [1.54, 1.807) is 12.1 Å². The second-order valence-electron chi connectivity index (χ2n) is 4.30. The normalized spacial score (nSPS) is 13.9. The molecule has 0 spiro atoms. The van der Waals surface area contributed by atoms with Crippen molar-refractivity contribution in [2.75, 3.05) is 7.05 Å². The molecule has 0 aliphatic rings. The Bertz CT molecular complexity index is 439. The maximum absolute atomic E-state index is 13.6. The standard InChI is InChI=1S/C12H17BrFN3O/c1-8(5-12(15)16-18)17(2)7-9-6-10(13)3-4-11(9)14/h3-4,6,8,18H,5,7H2,1-2H3,(H2,15,16). The summed E-state index contributed by atoms with van der Waals surface area (Å²) in [6.45, 7) is 2.40. The summed E-state index contributed by atoms with van der Waals surface area (Å²) in [5.41, 5.74) is 6.06. The first kappa shape index (κ1) is 14.9. The Morgan fingerprint density at radius 3 is 2.89 bits per heavy atom. The molecule has 3 N–H and O–H groups in total. The van der Waals surface area contributed by atoms with Gasteiger partial charge in [0.1, 0.15) is 11.7 Å². The minimum absolute atomic E-state index is 0.0549. The molecule has 0 aliphatic carbocycles. The molecule has 0 aliphatic heterocycles. The van der Waals surface area contributed by atoms with Crippen molar-refractivity contribution in [2.45, 2.75) is 25.9 Å². The first-order chi connectivity index (χ1) is 8.43. The molecular weight excluding hydrogens is 301 g/mol. The minimum Gasteiger partial charge on any atom is -0.409 e. The topological polar surface area (TPSA) is 61.9 Å². The monoisotopic (exact) mass is 317 g/mol. The quantitative estimate of drug-likeness (QED) is 0.380. The molecule has 0 bridgehead atoms. The largest absolute Gasteiger partial charge is 0.409 e. The predicted octanol–water partition coefficient (Wildman–Crippen LogP) is 2.54. The molecule has 0 aromatic heterocycles. The number of nitrogens with zero attached hydrogens (tertiary/aromatic N) is 2. The summed E-state index contributed by atoms with van der Waals surface area (Å²) in [6.07, 6.45) is 0.433. The maximum atomic E-state index is 13.6. The van der Waals surface area contributed by atoms with Gasteiger partial charge in [-0.25, -0.2) is 4.39 Å². The molecule has 100 valence electrons. The summed E-state index contributed by atoms with van der Waals surface area (Å²) in [4.78, 5) is 1.95. The van der Waals surface area contributed by atoms with Gasteiger partial charge >= 0.3 is 0 Å². The number of halogens is 2. The average Bonchev–Trinajstić information content (AvgIpc) is 2.33. The lowest BCUT2D eigenvalue weighted by molar-refractivity contribution is 0.247. The smallest absolute Gasteiger partial charge is 0.140 e. The lowest BCUT2D eigenvalue weighted by Crippen LogP contribution is -2.33. The van der Waals surface area contributed by atoms with Crippen molar-refractivity contribution in [1.29, 1.82) is 0 Å². The maximum Gasteiger partial charge on any atom is 0.140 e. The van der Waals surface area contributed by atoms with E-state index in [0.29, 0.717) is 18.5 Å². The van der Waals surface area contributed by atoms with Crippen LogP contribution in [0.25, 0.3) is 0 Å². The first-order valence-corrected chi connectivity index (χ1v) is 6.34. The van der Waals surface area contributed by atoms with Crippen molar-refractivity contribution in [2.24, 2.45) is 10.9 Å². The van der Waals surface area contributed by atoms with Crippen molar-refractivity contribution >= 4 is 21.8 Å². The van der Waals surface area contributed by atoms with Crippen LogP contribution in [0.4, 0.5) is 4.39 Å². The molecule has 0 heterocycles. The Kier molecular flexibility index (Phi) is 5.55. The van der Waals surface area contributed by atoms with E-state index in [4.69, 9.17) is 10.9 Å². The van der Waals surface area contributed by atoms with Crippen molar-refractivity contribution < 1.29 is 9.60 Å². The van der Waals surface area contributed by atoms with E-state index in [1.165, 1.54) is 6.07 Å². The summed E-state index contributed by atoms with van der Waals surface area (Å²) in [7, 11) is 1.87. The Morgan fingerprint density at radius 1 is 1.61 bits per heavy atom. The highest BCUT2D eigenvalue weighted by molar-refractivity contribution is 9.10. The third kappa shape index (κ3) is 4.27. The molecule has 1 unspecified atom stereocenters. The highest BCUT2D eigenvalue weighted by Gasteiger charge is 2.13. The van der Waals surface area contributed by atoms with Crippen molar-refractivity contribution in [3.05, 3.63) is 34.1 Å². The van der Waals surface area contributed by atoms with Crippen molar-refractivity contribution in [3.63, 3.8) is 0 Å². The second kappa shape index (κ2) is 6.70. The van der Waals surface area contributed by atoms with Gasteiger partial charge in [-0.15, -0.1) is 0 Å². The molecular formula is C12H17BrFN3O. The molecule has 1 aromatic rings. The average molecular weight is 318 g/mol. The highest BCUT2D eigenvalue weighted by Crippen LogP contribution is 2.18. The number of benzene rings is 1. The van der Waals surface area contributed by atoms with Crippen LogP contribution in [0.5, 0.6) is 0 Å². The number of hydrogen-bond acceptors (Lipinski definition) is 3. The molecule has 0 fully saturated rings. The summed E-state index contributed by atoms with van der Waals surface area (Å²) < 4.78 is 14.4. The van der Waals surface area contributed by atoms with Crippen LogP contribution in [0.2, 0.25) is 0 Å². The van der Waals surface area contributed by atoms with Gasteiger partial charge in [0.2, 0.25) is 0 Å². The zero-order chi connectivity index (χ0) is 13.7. The fourth-order valence-corrected chi connectivity index (χ4v) is 2.00. The van der Waals surface area contributed by atoms with Gasteiger partial charge < -0.3 is 10.9 Å². The van der Waals surface area contributed by atoms with Crippen LogP contribution >= 0.6 is 15.9 Å². The molecule has 0 saturated heterocycles. The fraction of sp³-hybridized carbons (Fsp3) is 0.417. The zero-order valence-electron chi connectivity index (χ0n) is 10.4. The number of amidine groups is 1. The van der Waals surface area contributed by atoms with Crippen LogP contribution < -0.4 is 5.73 Å². The summed E-state index contributed by atoms with van der Waals surface area (Å²) in [5.74, 6) is -0.0647. The Labute approximate surface area is 114 Å². The van der Waals surface area contributed by atoms with Crippen LogP contribution in [0.1, 0.15) is 18.9 Å². The van der Waals surface area contributed by atoms with Crippen molar-refractivity contribution in [1.82, 2.24) is 4.90 Å². The van der Waals surface area contributed by atoms with Gasteiger partial charge in [0.15, 0.2) is 0 Å². The number of rotatable bonds is 5. The molecule has 0 saturated carbocycles. The van der Waals surface area contributed by atoms with E-state index in [0.717, 1.165) is 4.47 Å². The lowest BCUT2D eigenvalue weighted by Gasteiger charge is -2.24. The summed E-state index contributed by atoms with van der Waals surface area (Å²) in [5, 5.41) is 11.4. The molecule has 0 amide bonds. The second-order valence-corrected chi connectivity index (χ2v) is 5.21. The third-order valence-electron chi connectivity index (χ3n) is 2.81. The Hall–Kier alpha value is -1.14. The zero-order valence-corrected chi connectivity index (χ0v) is 12.0. The van der Waals surface area contributed by atoms with Gasteiger partial charge in [-0.2, -0.15) is 0 Å². The molecule has 4 nitrogen and oxygen atoms in total. The minimum atomic E-state index is -0.235. The fourth-order valence-electron chi connectivity index (χ4n) is 1.59. The van der Waals surface area contributed by atoms with Gasteiger partial charge in [0, 0.05) is 29.0 Å². The van der Waals surface area contributed by atoms with Gasteiger partial charge in [0.05, 0.1) is 0 Å². The Balaban J connectivity index is 2.69. The molecule has 1 atom stereocenters. The van der Waals surface area contributed by atoms with Gasteiger partial charge in [-0.05, 0) is 32.2 Å². The van der Waals surface area contributed by atoms with E-state index in [2.05, 4.69) is 21.1 Å². The van der Waals surface area contributed by atoms with Gasteiger partial charge in [-0.3, -0.25) is 4.90 Å². The molecule has 1 rings (SSSR count). The van der Waals surface area contributed by atoms with Gasteiger partial charge in [-0.1, -0.05) is 21.1 Å². The molecule has 1 aromatic carbocycles. The number of oxime groups is 1. The number of hydrogen-bond donors (Lipinski definition) is 2. The lowest BCUT2D eigenvalue weighted by atomic mass is 10.1. The van der Waals surface area contributed by atoms with Crippen LogP contribution in [0.3, 0.4) is 0 Å². The van der Waals surface area contributed by atoms with E-state index in [9.17, 15) is 4.39 Å². The van der Waals surface area contributed by atoms with Crippen LogP contribution in [-0.4, -0.2) is 29.0 Å². The van der Waals surface area contributed by atoms with Crippen LogP contribution in [0.15, 0.2) is 27.8 Å². The molecule has 6 heteroatoms. The predicted molar refractivity (Wildman–Crippen MR) is 73.1 cm³/mol. The van der Waals surface area contributed by atoms with E-state index < -0.39 is 0 Å². The summed E-state index contributed by atoms with van der Waals surface area (Å²) in [6, 6.07) is 4.90. The van der Waals surface area contributed by atoms with E-state index >= 15 is 0 Å². The third-order valence-corrected chi connectivity index (χ3v) is 3.31.